The van der Waals surface area contributed by atoms with E-state index < -0.39 is 8.32 Å². The standard InChI is InChI=1S/C19H38O2Si/c1-11-16(20)14(4)17-15(13(2)3)12-22(21-17,18(5,6)7)19(8,9)10/h13-15,17H,11-12H2,1-10H3/t14-,15+,17+/m0/s1. The fraction of sp³-hybridized carbons (Fsp3) is 0.947. The molecule has 1 rings (SSSR count). The van der Waals surface area contributed by atoms with Crippen molar-refractivity contribution in [3.8, 4) is 0 Å². The van der Waals surface area contributed by atoms with E-state index in [2.05, 4.69) is 62.3 Å². The zero-order valence-corrected chi connectivity index (χ0v) is 17.5. The first-order valence-electron chi connectivity index (χ1n) is 8.99. The molecule has 0 aromatic heterocycles. The largest absolute Gasteiger partial charge is 0.412 e. The number of ketones is 1. The first-order chi connectivity index (χ1) is 9.78. The molecule has 1 fully saturated rings. The lowest BCUT2D eigenvalue weighted by Gasteiger charge is -2.48. The SMILES string of the molecule is CCC(=O)[C@H](C)[C@H]1O[Si](C(C)(C)C)(C(C)(C)C)C[C@@H]1C(C)C. The van der Waals surface area contributed by atoms with E-state index in [4.69, 9.17) is 4.43 Å². The molecule has 1 saturated heterocycles. The summed E-state index contributed by atoms with van der Waals surface area (Å²) in [5.41, 5.74) is 0. The molecule has 0 aliphatic carbocycles. The van der Waals surface area contributed by atoms with E-state index in [-0.39, 0.29) is 22.1 Å². The van der Waals surface area contributed by atoms with Crippen LogP contribution in [-0.4, -0.2) is 20.2 Å². The first-order valence-corrected chi connectivity index (χ1v) is 11.1. The maximum atomic E-state index is 12.3. The minimum atomic E-state index is -2.00. The minimum absolute atomic E-state index is 0.0245. The third kappa shape index (κ3) is 3.35. The van der Waals surface area contributed by atoms with Gasteiger partial charge in [-0.2, -0.15) is 0 Å². The smallest absolute Gasteiger partial charge is 0.204 e. The topological polar surface area (TPSA) is 26.3 Å². The number of carbonyl (C=O) groups excluding carboxylic acids is 1. The van der Waals surface area contributed by atoms with Crippen LogP contribution in [0.1, 0.15) is 75.7 Å². The van der Waals surface area contributed by atoms with Crippen LogP contribution in [0.5, 0.6) is 0 Å². The Morgan fingerprint density at radius 1 is 1.09 bits per heavy atom. The molecule has 1 aliphatic rings. The van der Waals surface area contributed by atoms with Gasteiger partial charge in [-0.05, 0) is 28.0 Å². The highest BCUT2D eigenvalue weighted by molar-refractivity contribution is 6.80. The van der Waals surface area contributed by atoms with Gasteiger partial charge < -0.3 is 4.43 Å². The Bertz CT molecular complexity index is 387. The Kier molecular flexibility index (Phi) is 5.78. The predicted molar refractivity (Wildman–Crippen MR) is 97.7 cm³/mol. The van der Waals surface area contributed by atoms with E-state index >= 15 is 0 Å². The summed E-state index contributed by atoms with van der Waals surface area (Å²) >= 11 is 0. The molecule has 0 aromatic carbocycles. The number of hydrogen-bond donors (Lipinski definition) is 0. The zero-order chi connectivity index (χ0) is 17.5. The zero-order valence-electron chi connectivity index (χ0n) is 16.5. The second-order valence-corrected chi connectivity index (χ2v) is 14.9. The van der Waals surface area contributed by atoms with Crippen molar-refractivity contribution >= 4 is 14.1 Å². The summed E-state index contributed by atoms with van der Waals surface area (Å²) in [7, 11) is -2.00. The van der Waals surface area contributed by atoms with Crippen LogP contribution in [0.4, 0.5) is 0 Å². The Morgan fingerprint density at radius 3 is 1.86 bits per heavy atom. The quantitative estimate of drug-likeness (QED) is 0.609. The average Bonchev–Trinajstić information content (AvgIpc) is 2.77. The van der Waals surface area contributed by atoms with Crippen molar-refractivity contribution in [2.45, 2.75) is 97.9 Å². The fourth-order valence-corrected chi connectivity index (χ4v) is 11.0. The molecule has 0 saturated carbocycles. The molecule has 2 nitrogen and oxygen atoms in total. The van der Waals surface area contributed by atoms with Crippen molar-refractivity contribution < 1.29 is 9.22 Å². The van der Waals surface area contributed by atoms with E-state index in [0.717, 1.165) is 0 Å². The molecule has 0 radical (unpaired) electrons. The maximum Gasteiger partial charge on any atom is 0.204 e. The third-order valence-corrected chi connectivity index (χ3v) is 12.5. The molecule has 0 unspecified atom stereocenters. The molecule has 3 atom stereocenters. The van der Waals surface area contributed by atoms with Gasteiger partial charge in [0.1, 0.15) is 5.78 Å². The van der Waals surface area contributed by atoms with Gasteiger partial charge in [0.25, 0.3) is 0 Å². The lowest BCUT2D eigenvalue weighted by Crippen LogP contribution is -2.52. The molecule has 0 spiro atoms. The summed E-state index contributed by atoms with van der Waals surface area (Å²) in [6.45, 7) is 22.7. The van der Waals surface area contributed by atoms with E-state index in [1.54, 1.807) is 0 Å². The lowest BCUT2D eigenvalue weighted by molar-refractivity contribution is -0.125. The number of rotatable bonds is 4. The van der Waals surface area contributed by atoms with E-state index in [1.807, 2.05) is 6.92 Å². The summed E-state index contributed by atoms with van der Waals surface area (Å²) in [6.07, 6.45) is 0.725. The van der Waals surface area contributed by atoms with Crippen molar-refractivity contribution in [3.05, 3.63) is 0 Å². The number of carbonyl (C=O) groups is 1. The summed E-state index contributed by atoms with van der Waals surface area (Å²) < 4.78 is 6.95. The molecular formula is C19H38O2Si. The molecule has 0 N–H and O–H groups in total. The van der Waals surface area contributed by atoms with Crippen LogP contribution >= 0.6 is 0 Å². The van der Waals surface area contributed by atoms with E-state index in [9.17, 15) is 4.79 Å². The second-order valence-electron chi connectivity index (χ2n) is 9.63. The molecule has 0 bridgehead atoms. The second kappa shape index (κ2) is 6.39. The van der Waals surface area contributed by atoms with Crippen molar-refractivity contribution in [1.29, 1.82) is 0 Å². The summed E-state index contributed by atoms with van der Waals surface area (Å²) in [6, 6.07) is 1.18. The molecule has 1 aliphatic heterocycles. The molecule has 22 heavy (non-hydrogen) atoms. The van der Waals surface area contributed by atoms with E-state index in [1.165, 1.54) is 6.04 Å². The monoisotopic (exact) mass is 326 g/mol. The third-order valence-electron chi connectivity index (χ3n) is 5.91. The highest BCUT2D eigenvalue weighted by Crippen LogP contribution is 2.60. The van der Waals surface area contributed by atoms with Gasteiger partial charge >= 0.3 is 0 Å². The van der Waals surface area contributed by atoms with Crippen LogP contribution in [0.3, 0.4) is 0 Å². The Hall–Kier alpha value is -0.153. The Labute approximate surface area is 139 Å². The predicted octanol–water partition coefficient (Wildman–Crippen LogP) is 5.82. The van der Waals surface area contributed by atoms with Crippen LogP contribution < -0.4 is 0 Å². The molecular weight excluding hydrogens is 288 g/mol. The lowest BCUT2D eigenvalue weighted by atomic mass is 9.83. The van der Waals surface area contributed by atoms with Gasteiger partial charge in [-0.3, -0.25) is 4.79 Å². The summed E-state index contributed by atoms with van der Waals surface area (Å²) in [4.78, 5) is 12.3. The molecule has 1 heterocycles. The normalized spacial score (nSPS) is 27.2. The molecule has 3 heteroatoms. The Morgan fingerprint density at radius 2 is 1.55 bits per heavy atom. The van der Waals surface area contributed by atoms with Crippen molar-refractivity contribution in [2.24, 2.45) is 17.8 Å². The maximum absolute atomic E-state index is 12.3. The highest BCUT2D eigenvalue weighted by atomic mass is 28.4. The summed E-state index contributed by atoms with van der Waals surface area (Å²) in [5, 5.41) is 0.365. The van der Waals surface area contributed by atoms with Gasteiger partial charge in [-0.25, -0.2) is 0 Å². The van der Waals surface area contributed by atoms with Crippen molar-refractivity contribution in [2.75, 3.05) is 0 Å². The van der Waals surface area contributed by atoms with Crippen LogP contribution in [0.15, 0.2) is 0 Å². The van der Waals surface area contributed by atoms with Crippen LogP contribution in [0.25, 0.3) is 0 Å². The van der Waals surface area contributed by atoms with Crippen molar-refractivity contribution in [1.82, 2.24) is 0 Å². The Balaban J connectivity index is 3.30. The van der Waals surface area contributed by atoms with Gasteiger partial charge in [0.2, 0.25) is 8.32 Å². The van der Waals surface area contributed by atoms with Crippen molar-refractivity contribution in [3.63, 3.8) is 0 Å². The molecule has 0 aromatic rings. The van der Waals surface area contributed by atoms with Gasteiger partial charge in [-0.15, -0.1) is 0 Å². The first kappa shape index (κ1) is 19.9. The van der Waals surface area contributed by atoms with Crippen LogP contribution in [-0.2, 0) is 9.22 Å². The van der Waals surface area contributed by atoms with Crippen LogP contribution in [0, 0.1) is 17.8 Å². The summed E-state index contributed by atoms with van der Waals surface area (Å²) in [5.74, 6) is 1.45. The van der Waals surface area contributed by atoms with E-state index in [0.29, 0.717) is 24.0 Å². The van der Waals surface area contributed by atoms with Gasteiger partial charge in [0.15, 0.2) is 0 Å². The van der Waals surface area contributed by atoms with Gasteiger partial charge in [0.05, 0.1) is 6.10 Å². The average molecular weight is 327 g/mol. The number of Topliss-reactive ketones (excluding diaryl/α,β-unsaturated/α-hetero) is 1. The van der Waals surface area contributed by atoms with Gasteiger partial charge in [-0.1, -0.05) is 69.2 Å². The molecule has 130 valence electrons. The van der Waals surface area contributed by atoms with Gasteiger partial charge in [0, 0.05) is 12.3 Å². The molecule has 0 amide bonds. The number of hydrogen-bond acceptors (Lipinski definition) is 2. The minimum Gasteiger partial charge on any atom is -0.412 e. The fourth-order valence-electron chi connectivity index (χ4n) is 4.50. The highest BCUT2D eigenvalue weighted by Gasteiger charge is 2.62. The van der Waals surface area contributed by atoms with Crippen LogP contribution in [0.2, 0.25) is 16.1 Å².